The highest BCUT2D eigenvalue weighted by Crippen LogP contribution is 2.37. The second-order valence-corrected chi connectivity index (χ2v) is 38.0. The number of ether oxygens (including phenoxy) is 2. The molecule has 9 N–H and O–H groups in total. The third kappa shape index (κ3) is 27.8. The van der Waals surface area contributed by atoms with E-state index in [-0.39, 0.29) is 89.7 Å². The number of aliphatic hydroxyl groups is 3. The lowest BCUT2D eigenvalue weighted by Crippen LogP contribution is -2.46. The van der Waals surface area contributed by atoms with Gasteiger partial charge >= 0.3 is 18.1 Å². The predicted molar refractivity (Wildman–Crippen MR) is 575 cm³/mol. The van der Waals surface area contributed by atoms with Crippen molar-refractivity contribution in [3.8, 4) is 28.6 Å². The minimum Gasteiger partial charge on any atom is -0.493 e. The number of halogens is 3. The van der Waals surface area contributed by atoms with Crippen molar-refractivity contribution in [3.63, 3.8) is 0 Å². The number of unbranched alkanes of at least 4 members (excludes halogenated alkanes) is 6. The van der Waals surface area contributed by atoms with E-state index in [2.05, 4.69) is 78.5 Å². The largest absolute Gasteiger partial charge is 0.493 e. The Bertz CT molecular complexity index is 6720. The van der Waals surface area contributed by atoms with Gasteiger partial charge in [0.15, 0.2) is 28.6 Å². The molecular weight excluding hydrogens is 1920 g/mol. The average molecular weight is 2050 g/mol. The SMILES string of the molecule is CCCCN(CCCC)C(=O)c1cc(C)n(-c2ccc(NC(=O)Nc3cc(F)cc(F)c3)cc2C(=O)N2Cc3ccccc3C[C@H]2CO)n1.CCCCN(CCCC)C(=O)c1cc(C)n(-c2ccc(NC(=O)Nc3ccc(OC)c(OC)c3)cc2C(=O)N2Cc3ccccc3C[C@H]2CO)n1.CCCCN(CCCC)C(=O)c1cc(C)n(-c2ccc(NC(=O)Nc3cccc(Cl)c3C)cc2C(=O)N2Cc3ccccc3C[C@H]2CO)n1. The van der Waals surface area contributed by atoms with Crippen LogP contribution in [0.3, 0.4) is 0 Å². The normalized spacial score (nSPS) is 13.8. The summed E-state index contributed by atoms with van der Waals surface area (Å²) in [5.74, 6) is -2.26. The molecule has 0 aliphatic carbocycles. The van der Waals surface area contributed by atoms with Crippen molar-refractivity contribution in [1.82, 2.24) is 58.7 Å². The molecule has 35 heteroatoms. The number of anilines is 6. The van der Waals surface area contributed by atoms with Crippen molar-refractivity contribution in [1.29, 1.82) is 0 Å². The van der Waals surface area contributed by atoms with Crippen LogP contribution in [-0.2, 0) is 38.9 Å². The molecule has 9 aromatic carbocycles. The van der Waals surface area contributed by atoms with E-state index in [1.807, 2.05) is 108 Å². The molecule has 32 nitrogen and oxygen atoms in total. The number of hydrogen-bond donors (Lipinski definition) is 9. The average Bonchev–Trinajstić information content (AvgIpc) is 1.76. The van der Waals surface area contributed by atoms with Crippen molar-refractivity contribution in [2.45, 2.75) is 203 Å². The number of aromatic nitrogens is 6. The number of nitrogens with one attached hydrogen (secondary N) is 6. The fourth-order valence-corrected chi connectivity index (χ4v) is 18.7. The molecule has 3 aliphatic rings. The molecule has 0 saturated carbocycles. The molecule has 3 aliphatic heterocycles. The van der Waals surface area contributed by atoms with Gasteiger partial charge in [-0.25, -0.2) is 37.2 Å². The summed E-state index contributed by atoms with van der Waals surface area (Å²) < 4.78 is 42.9. The first-order valence-corrected chi connectivity index (χ1v) is 51.5. The molecule has 149 heavy (non-hydrogen) atoms. The van der Waals surface area contributed by atoms with Crippen LogP contribution in [0.4, 0.5) is 57.3 Å². The molecule has 0 spiro atoms. The van der Waals surface area contributed by atoms with Crippen molar-refractivity contribution < 1.29 is 76.7 Å². The van der Waals surface area contributed by atoms with Gasteiger partial charge < -0.3 is 86.1 Å². The standard InChI is InChI=1S/C39H48N6O6.C38H45ClN6O4.C37H42F2N6O4/c1-6-8-18-43(19-9-7-2)38(48)33-20-26(3)45(42-33)34-16-14-29(40-39(49)41-30-15-17-35(50-4)36(23-30)51-5)22-32(34)37(47)44-24-28-13-11-10-12-27(28)21-31(44)25-46;1-5-7-18-43(19-8-6-2)37(48)34-20-25(3)45(42-34)35-17-16-29(40-38(49)41-33-15-11-14-32(39)26(33)4)22-31(35)36(47)44-23-28-13-10-9-12-27(28)21-30(44)24-46;1-4-6-14-43(15-7-5-2)36(48)33-16-24(3)45(42-33)34-13-12-29(40-37(49)41-30-19-27(38)18-28(39)20-30)21-32(34)35(47)44-22-26-11-9-8-10-25(26)17-31(44)23-46/h10-17,20,22-23,31,46H,6-9,18-19,21,24-25H2,1-5H3,(H2,40,41,49);9-17,20,22,30,46H,5-8,18-19,21,23-24H2,1-4H3,(H2,40,41,49);8-13,16,18-21,31,46H,4-7,14-15,17,22-23H2,1-3H3,(H2,40,41,49)/t31-;30-;31-/m000/s1. The topological polar surface area (TPSA) is 378 Å². The summed E-state index contributed by atoms with van der Waals surface area (Å²) in [5, 5.41) is 62.1. The maximum atomic E-state index is 14.6. The smallest absolute Gasteiger partial charge is 0.323 e. The number of nitrogens with zero attached hydrogens (tertiary/aromatic N) is 12. The summed E-state index contributed by atoms with van der Waals surface area (Å²) in [5.41, 5.74) is 13.7. The summed E-state index contributed by atoms with van der Waals surface area (Å²) in [6.45, 7) is 23.9. The van der Waals surface area contributed by atoms with E-state index in [0.717, 1.165) is 128 Å². The van der Waals surface area contributed by atoms with Gasteiger partial charge in [-0.15, -0.1) is 0 Å². The Labute approximate surface area is 873 Å². The van der Waals surface area contributed by atoms with Gasteiger partial charge in [0, 0.05) is 127 Å². The van der Waals surface area contributed by atoms with Crippen LogP contribution in [0.2, 0.25) is 5.02 Å². The highest BCUT2D eigenvalue weighted by Gasteiger charge is 2.38. The zero-order chi connectivity index (χ0) is 107. The van der Waals surface area contributed by atoms with Gasteiger partial charge in [0.2, 0.25) is 0 Å². The van der Waals surface area contributed by atoms with Gasteiger partial charge in [0.25, 0.3) is 35.4 Å². The molecule has 0 unspecified atom stereocenters. The minimum absolute atomic E-state index is 0.0861. The van der Waals surface area contributed by atoms with Gasteiger partial charge in [-0.1, -0.05) is 171 Å². The first-order chi connectivity index (χ1) is 72.0. The second kappa shape index (κ2) is 53.0. The Morgan fingerprint density at radius 1 is 0.356 bits per heavy atom. The molecule has 0 bridgehead atoms. The highest BCUT2D eigenvalue weighted by atomic mass is 35.5. The summed E-state index contributed by atoms with van der Waals surface area (Å²) in [4.78, 5) is 134. The van der Waals surface area contributed by atoms with Crippen LogP contribution in [0.1, 0.15) is 237 Å². The van der Waals surface area contributed by atoms with Crippen molar-refractivity contribution >= 4 is 99.3 Å². The van der Waals surface area contributed by atoms with Crippen LogP contribution in [0.5, 0.6) is 11.5 Å². The monoisotopic (exact) mass is 2050 g/mol. The first-order valence-electron chi connectivity index (χ1n) is 51.1. The number of urea groups is 3. The third-order valence-corrected chi connectivity index (χ3v) is 27.2. The molecule has 0 fully saturated rings. The Morgan fingerprint density at radius 3 is 0.960 bits per heavy atom. The maximum Gasteiger partial charge on any atom is 0.323 e. The zero-order valence-electron chi connectivity index (χ0n) is 86.7. The van der Waals surface area contributed by atoms with E-state index in [1.165, 1.54) is 20.3 Å². The van der Waals surface area contributed by atoms with Gasteiger partial charge in [-0.3, -0.25) is 28.8 Å². The number of aliphatic hydroxyl groups excluding tert-OH is 3. The van der Waals surface area contributed by atoms with Gasteiger partial charge in [0.05, 0.1) is 85.9 Å². The maximum absolute atomic E-state index is 14.6. The third-order valence-electron chi connectivity index (χ3n) is 26.8. The molecular formula is C114H135ClF2N18O14. The van der Waals surface area contributed by atoms with Crippen molar-refractivity contribution in [3.05, 3.63) is 307 Å². The molecule has 12 aromatic rings. The number of methoxy groups -OCH3 is 2. The van der Waals surface area contributed by atoms with E-state index in [0.29, 0.717) is 162 Å². The number of benzene rings is 9. The number of fused-ring (bicyclic) bond motifs is 3. The summed E-state index contributed by atoms with van der Waals surface area (Å²) in [6.07, 6.45) is 12.6. The molecule has 0 saturated heterocycles. The van der Waals surface area contributed by atoms with Crippen LogP contribution in [-0.4, -0.2) is 219 Å². The number of rotatable bonds is 38. The fourth-order valence-electron chi connectivity index (χ4n) is 18.5. The van der Waals surface area contributed by atoms with Crippen molar-refractivity contribution in [2.24, 2.45) is 0 Å². The Hall–Kier alpha value is -15.1. The number of aryl methyl sites for hydroxylation is 3. The zero-order valence-corrected chi connectivity index (χ0v) is 87.5. The van der Waals surface area contributed by atoms with E-state index in [4.69, 9.17) is 31.3 Å². The second-order valence-electron chi connectivity index (χ2n) is 37.5. The number of amides is 12. The Morgan fingerprint density at radius 2 is 0.651 bits per heavy atom. The fraction of sp³-hybridized carbons (Fsp3) is 0.368. The summed E-state index contributed by atoms with van der Waals surface area (Å²) >= 11 is 6.25. The van der Waals surface area contributed by atoms with Gasteiger partial charge in [-0.05, 0) is 234 Å². The first kappa shape index (κ1) is 111. The molecule has 0 radical (unpaired) electrons. The molecule has 3 aromatic heterocycles. The van der Waals surface area contributed by atoms with Gasteiger partial charge in [-0.2, -0.15) is 15.3 Å². The molecule has 15 rings (SSSR count). The Balaban J connectivity index is 0.000000186. The molecule has 786 valence electrons. The van der Waals surface area contributed by atoms with E-state index < -0.39 is 53.8 Å². The van der Waals surface area contributed by atoms with Crippen LogP contribution < -0.4 is 41.4 Å². The molecule has 3 atom stereocenters. The number of carbonyl (C=O) groups is 9. The van der Waals surface area contributed by atoms with Crippen LogP contribution >= 0.6 is 11.6 Å². The summed E-state index contributed by atoms with van der Waals surface area (Å²) in [6, 6.07) is 53.2. The lowest BCUT2D eigenvalue weighted by Gasteiger charge is -2.36. The van der Waals surface area contributed by atoms with Gasteiger partial charge in [0.1, 0.15) is 11.6 Å². The minimum atomic E-state index is -0.847. The van der Waals surface area contributed by atoms with Crippen LogP contribution in [0.25, 0.3) is 17.1 Å². The van der Waals surface area contributed by atoms with E-state index in [9.17, 15) is 67.3 Å². The van der Waals surface area contributed by atoms with E-state index in [1.54, 1.807) is 139 Å². The Kier molecular flexibility index (Phi) is 39.5. The molecule has 12 amide bonds. The van der Waals surface area contributed by atoms with E-state index >= 15 is 0 Å². The van der Waals surface area contributed by atoms with Crippen LogP contribution in [0, 0.1) is 39.3 Å². The predicted octanol–water partition coefficient (Wildman–Crippen LogP) is 20.5. The summed E-state index contributed by atoms with van der Waals surface area (Å²) in [7, 11) is 3.05. The lowest BCUT2D eigenvalue weighted by molar-refractivity contribution is 0.0539. The lowest BCUT2D eigenvalue weighted by atomic mass is 9.93. The highest BCUT2D eigenvalue weighted by molar-refractivity contribution is 6.31. The number of carbonyl (C=O) groups excluding carboxylic acids is 9. The van der Waals surface area contributed by atoms with Crippen LogP contribution in [0.15, 0.2) is 200 Å². The molecule has 6 heterocycles. The number of hydrogen-bond acceptors (Lipinski definition) is 17. The quantitative estimate of drug-likeness (QED) is 0.0174. The van der Waals surface area contributed by atoms with Crippen molar-refractivity contribution in [2.75, 3.05) is 105 Å².